The number of nitrogens with two attached hydrogens (primary N) is 1. The van der Waals surface area contributed by atoms with Crippen molar-refractivity contribution < 1.29 is 9.84 Å². The van der Waals surface area contributed by atoms with Gasteiger partial charge in [0.25, 0.3) is 0 Å². The van der Waals surface area contributed by atoms with E-state index >= 15 is 0 Å². The van der Waals surface area contributed by atoms with Crippen LogP contribution in [0.5, 0.6) is 11.6 Å². The molecular weight excluding hydrogens is 264 g/mol. The molecule has 0 atom stereocenters. The maximum absolute atomic E-state index is 9.35. The third-order valence-electron chi connectivity index (χ3n) is 3.36. The fraction of sp³-hybridized carbons (Fsp3) is 0.118. The number of nitrogens with zero attached hydrogens (tertiary/aromatic N) is 1. The number of pyridine rings is 1. The number of aliphatic hydroxyl groups excluding tert-OH is 1. The van der Waals surface area contributed by atoms with Crippen LogP contribution >= 0.6 is 0 Å². The van der Waals surface area contributed by atoms with Gasteiger partial charge in [0.2, 0.25) is 5.88 Å². The molecule has 1 heterocycles. The van der Waals surface area contributed by atoms with E-state index in [0.717, 1.165) is 22.0 Å². The van der Waals surface area contributed by atoms with Crippen molar-refractivity contribution in [3.8, 4) is 11.6 Å². The normalized spacial score (nSPS) is 10.8. The molecule has 0 bridgehead atoms. The molecule has 106 valence electrons. The number of aromatic nitrogens is 1. The molecular formula is C17H16N2O2. The standard InChI is InChI=1S/C17H16N2O2/c18-10-13-9-17(19-15-7-3-2-6-14(13)15)21-16-8-4-1-5-12(16)11-20/h1-9,20H,10-11,18H2. The molecule has 0 aliphatic carbocycles. The lowest BCUT2D eigenvalue weighted by Crippen LogP contribution is -2.00. The van der Waals surface area contributed by atoms with E-state index in [0.29, 0.717) is 18.2 Å². The highest BCUT2D eigenvalue weighted by Gasteiger charge is 2.08. The van der Waals surface area contributed by atoms with Gasteiger partial charge in [-0.05, 0) is 17.7 Å². The summed E-state index contributed by atoms with van der Waals surface area (Å²) in [5.74, 6) is 1.08. The van der Waals surface area contributed by atoms with Gasteiger partial charge < -0.3 is 15.6 Å². The summed E-state index contributed by atoms with van der Waals surface area (Å²) in [6.07, 6.45) is 0. The lowest BCUT2D eigenvalue weighted by atomic mass is 10.1. The van der Waals surface area contributed by atoms with Crippen molar-refractivity contribution in [2.75, 3.05) is 0 Å². The molecule has 3 N–H and O–H groups in total. The topological polar surface area (TPSA) is 68.4 Å². The average Bonchev–Trinajstić information content (AvgIpc) is 2.54. The van der Waals surface area contributed by atoms with E-state index in [-0.39, 0.29) is 6.61 Å². The minimum Gasteiger partial charge on any atom is -0.439 e. The maximum Gasteiger partial charge on any atom is 0.220 e. The van der Waals surface area contributed by atoms with E-state index in [9.17, 15) is 5.11 Å². The van der Waals surface area contributed by atoms with Crippen LogP contribution in [0.2, 0.25) is 0 Å². The number of hydrogen-bond donors (Lipinski definition) is 2. The van der Waals surface area contributed by atoms with Crippen LogP contribution in [0.3, 0.4) is 0 Å². The third-order valence-corrected chi connectivity index (χ3v) is 3.36. The number of rotatable bonds is 4. The van der Waals surface area contributed by atoms with E-state index < -0.39 is 0 Å². The van der Waals surface area contributed by atoms with Gasteiger partial charge in [-0.2, -0.15) is 0 Å². The molecule has 0 amide bonds. The van der Waals surface area contributed by atoms with E-state index in [2.05, 4.69) is 4.98 Å². The second kappa shape index (κ2) is 5.91. The molecule has 0 aliphatic rings. The number of benzene rings is 2. The van der Waals surface area contributed by atoms with Gasteiger partial charge in [-0.1, -0.05) is 36.4 Å². The van der Waals surface area contributed by atoms with Crippen LogP contribution < -0.4 is 10.5 Å². The highest BCUT2D eigenvalue weighted by Crippen LogP contribution is 2.27. The minimum atomic E-state index is -0.0759. The van der Waals surface area contributed by atoms with Gasteiger partial charge in [0.15, 0.2) is 0 Å². The average molecular weight is 280 g/mol. The van der Waals surface area contributed by atoms with Crippen molar-refractivity contribution >= 4 is 10.9 Å². The monoisotopic (exact) mass is 280 g/mol. The number of aliphatic hydroxyl groups is 1. The summed E-state index contributed by atoms with van der Waals surface area (Å²) >= 11 is 0. The van der Waals surface area contributed by atoms with Gasteiger partial charge in [0, 0.05) is 23.6 Å². The summed E-state index contributed by atoms with van der Waals surface area (Å²) in [5.41, 5.74) is 8.36. The second-order valence-electron chi connectivity index (χ2n) is 4.71. The van der Waals surface area contributed by atoms with Crippen LogP contribution in [-0.4, -0.2) is 10.1 Å². The molecule has 4 heteroatoms. The minimum absolute atomic E-state index is 0.0759. The zero-order chi connectivity index (χ0) is 14.7. The summed E-state index contributed by atoms with van der Waals surface area (Å²) in [6.45, 7) is 0.342. The third kappa shape index (κ3) is 2.72. The molecule has 0 unspecified atom stereocenters. The van der Waals surface area contributed by atoms with Crippen molar-refractivity contribution in [3.63, 3.8) is 0 Å². The van der Waals surface area contributed by atoms with Crippen LogP contribution in [0.25, 0.3) is 10.9 Å². The molecule has 21 heavy (non-hydrogen) atoms. The quantitative estimate of drug-likeness (QED) is 0.771. The smallest absolute Gasteiger partial charge is 0.220 e. The summed E-state index contributed by atoms with van der Waals surface area (Å²) < 4.78 is 5.82. The molecule has 0 radical (unpaired) electrons. The van der Waals surface area contributed by atoms with Gasteiger partial charge in [-0.25, -0.2) is 4.98 Å². The predicted molar refractivity (Wildman–Crippen MR) is 82.1 cm³/mol. The van der Waals surface area contributed by atoms with Crippen LogP contribution in [0.15, 0.2) is 54.6 Å². The Kier molecular flexibility index (Phi) is 3.81. The molecule has 1 aromatic heterocycles. The first-order valence-corrected chi connectivity index (χ1v) is 6.77. The summed E-state index contributed by atoms with van der Waals surface area (Å²) in [7, 11) is 0. The Bertz CT molecular complexity index is 772. The van der Waals surface area contributed by atoms with Gasteiger partial charge in [0.1, 0.15) is 5.75 Å². The van der Waals surface area contributed by atoms with E-state index in [4.69, 9.17) is 10.5 Å². The first kappa shape index (κ1) is 13.5. The molecule has 0 fully saturated rings. The Hall–Kier alpha value is -2.43. The maximum atomic E-state index is 9.35. The van der Waals surface area contributed by atoms with Crippen molar-refractivity contribution in [1.82, 2.24) is 4.98 Å². The molecule has 2 aromatic carbocycles. The lowest BCUT2D eigenvalue weighted by Gasteiger charge is -2.11. The summed E-state index contributed by atoms with van der Waals surface area (Å²) in [6, 6.07) is 17.0. The van der Waals surface area contributed by atoms with E-state index in [1.54, 1.807) is 0 Å². The molecule has 3 aromatic rings. The van der Waals surface area contributed by atoms with Gasteiger partial charge >= 0.3 is 0 Å². The van der Waals surface area contributed by atoms with Crippen molar-refractivity contribution in [1.29, 1.82) is 0 Å². The number of fused-ring (bicyclic) bond motifs is 1. The van der Waals surface area contributed by atoms with Gasteiger partial charge in [-0.3, -0.25) is 0 Å². The first-order valence-electron chi connectivity index (χ1n) is 6.77. The van der Waals surface area contributed by atoms with Crippen LogP contribution in [0.1, 0.15) is 11.1 Å². The second-order valence-corrected chi connectivity index (χ2v) is 4.71. The zero-order valence-corrected chi connectivity index (χ0v) is 11.5. The largest absolute Gasteiger partial charge is 0.439 e. The number of para-hydroxylation sites is 2. The highest BCUT2D eigenvalue weighted by molar-refractivity contribution is 5.82. The SMILES string of the molecule is NCc1cc(Oc2ccccc2CO)nc2ccccc12. The van der Waals surface area contributed by atoms with Crippen molar-refractivity contribution in [2.45, 2.75) is 13.2 Å². The summed E-state index contributed by atoms with van der Waals surface area (Å²) in [5, 5.41) is 10.4. The highest BCUT2D eigenvalue weighted by atomic mass is 16.5. The predicted octanol–water partition coefficient (Wildman–Crippen LogP) is 2.98. The Morgan fingerprint density at radius 2 is 1.76 bits per heavy atom. The molecule has 0 saturated heterocycles. The first-order chi connectivity index (χ1) is 10.3. The van der Waals surface area contributed by atoms with Crippen molar-refractivity contribution in [3.05, 3.63) is 65.7 Å². The fourth-order valence-electron chi connectivity index (χ4n) is 2.29. The van der Waals surface area contributed by atoms with Crippen LogP contribution in [0, 0.1) is 0 Å². The number of ether oxygens (including phenoxy) is 1. The fourth-order valence-corrected chi connectivity index (χ4v) is 2.29. The number of hydrogen-bond acceptors (Lipinski definition) is 4. The summed E-state index contributed by atoms with van der Waals surface area (Å²) in [4.78, 5) is 4.50. The molecule has 4 nitrogen and oxygen atoms in total. The molecule has 0 aliphatic heterocycles. The Morgan fingerprint density at radius 3 is 2.57 bits per heavy atom. The van der Waals surface area contributed by atoms with Crippen molar-refractivity contribution in [2.24, 2.45) is 5.73 Å². The van der Waals surface area contributed by atoms with Gasteiger partial charge in [-0.15, -0.1) is 0 Å². The van der Waals surface area contributed by atoms with Crippen LogP contribution in [0.4, 0.5) is 0 Å². The molecule has 0 spiro atoms. The Balaban J connectivity index is 2.05. The lowest BCUT2D eigenvalue weighted by molar-refractivity contribution is 0.276. The van der Waals surface area contributed by atoms with E-state index in [1.165, 1.54) is 0 Å². The van der Waals surface area contributed by atoms with E-state index in [1.807, 2.05) is 54.6 Å². The zero-order valence-electron chi connectivity index (χ0n) is 11.5. The van der Waals surface area contributed by atoms with Gasteiger partial charge in [0.05, 0.1) is 12.1 Å². The Labute approximate surface area is 122 Å². The molecule has 0 saturated carbocycles. The molecule has 3 rings (SSSR count). The van der Waals surface area contributed by atoms with Crippen LogP contribution in [-0.2, 0) is 13.2 Å². The Morgan fingerprint density at radius 1 is 1.00 bits per heavy atom.